The maximum atomic E-state index is 12.4. The molecule has 3 atom stereocenters. The number of quaternary nitrogens is 1. The molecule has 1 aliphatic rings. The highest BCUT2D eigenvalue weighted by molar-refractivity contribution is 5.93. The highest BCUT2D eigenvalue weighted by Gasteiger charge is 2.24. The van der Waals surface area contributed by atoms with Crippen LogP contribution >= 0.6 is 0 Å². The van der Waals surface area contributed by atoms with E-state index in [0.29, 0.717) is 12.5 Å². The topological polar surface area (TPSA) is 62.6 Å². The summed E-state index contributed by atoms with van der Waals surface area (Å²) < 4.78 is 0. The summed E-state index contributed by atoms with van der Waals surface area (Å²) in [5.41, 5.74) is 4.21. The number of hydrogen-bond donors (Lipinski definition) is 3. The number of nitrogens with one attached hydrogen (secondary N) is 3. The largest absolute Gasteiger partial charge is 0.348 e. The highest BCUT2D eigenvalue weighted by Crippen LogP contribution is 2.23. The predicted octanol–water partition coefficient (Wildman–Crippen LogP) is 1.76. The van der Waals surface area contributed by atoms with Gasteiger partial charge < -0.3 is 15.5 Å². The number of carbonyl (C=O) groups excluding carboxylic acids is 2. The van der Waals surface area contributed by atoms with E-state index in [1.54, 1.807) is 0 Å². The lowest BCUT2D eigenvalue weighted by molar-refractivity contribution is -0.862. The average molecular weight is 361 g/mol. The average Bonchev–Trinajstić information content (AvgIpc) is 2.52. The van der Waals surface area contributed by atoms with Crippen LogP contribution in [-0.2, 0) is 9.59 Å². The number of amides is 2. The van der Waals surface area contributed by atoms with Gasteiger partial charge in [0.25, 0.3) is 11.8 Å². The van der Waals surface area contributed by atoms with E-state index >= 15 is 0 Å². The first-order valence-electron chi connectivity index (χ1n) is 9.74. The van der Waals surface area contributed by atoms with Crippen molar-refractivity contribution in [2.75, 3.05) is 25.5 Å². The summed E-state index contributed by atoms with van der Waals surface area (Å²) in [7, 11) is 1.89. The Balaban J connectivity index is 1.82. The van der Waals surface area contributed by atoms with E-state index in [1.807, 2.05) is 20.9 Å². The molecule has 0 bridgehead atoms. The first-order valence-corrected chi connectivity index (χ1v) is 9.74. The molecule has 1 aromatic rings. The Morgan fingerprint density at radius 1 is 1.04 bits per heavy atom. The molecule has 3 N–H and O–H groups in total. The van der Waals surface area contributed by atoms with Crippen LogP contribution < -0.4 is 15.5 Å². The molecule has 0 spiro atoms. The van der Waals surface area contributed by atoms with Gasteiger partial charge in [0.2, 0.25) is 0 Å². The van der Waals surface area contributed by atoms with Gasteiger partial charge in [-0.2, -0.15) is 0 Å². The molecule has 2 rings (SSSR count). The van der Waals surface area contributed by atoms with Crippen molar-refractivity contribution in [3.63, 3.8) is 0 Å². The first-order chi connectivity index (χ1) is 12.3. The lowest BCUT2D eigenvalue weighted by Crippen LogP contribution is -3.11. The van der Waals surface area contributed by atoms with Crippen molar-refractivity contribution in [3.05, 3.63) is 28.8 Å². The van der Waals surface area contributed by atoms with Crippen LogP contribution in [0.4, 0.5) is 5.69 Å². The Hall–Kier alpha value is -1.88. The molecule has 5 nitrogen and oxygen atoms in total. The van der Waals surface area contributed by atoms with Crippen LogP contribution in [0.5, 0.6) is 0 Å². The van der Waals surface area contributed by atoms with Crippen LogP contribution in [0.15, 0.2) is 12.1 Å². The predicted molar refractivity (Wildman–Crippen MR) is 105 cm³/mol. The molecule has 1 aromatic carbocycles. The van der Waals surface area contributed by atoms with Gasteiger partial charge in [0.15, 0.2) is 13.1 Å². The minimum atomic E-state index is -0.0589. The molecule has 1 saturated carbocycles. The van der Waals surface area contributed by atoms with Crippen LogP contribution in [0.3, 0.4) is 0 Å². The number of carbonyl (C=O) groups is 2. The van der Waals surface area contributed by atoms with Crippen LogP contribution in [-0.4, -0.2) is 38.0 Å². The monoisotopic (exact) mass is 360 g/mol. The minimum Gasteiger partial charge on any atom is -0.348 e. The normalized spacial score (nSPS) is 21.1. The van der Waals surface area contributed by atoms with E-state index in [1.165, 1.54) is 24.8 Å². The molecule has 1 unspecified atom stereocenters. The van der Waals surface area contributed by atoms with Gasteiger partial charge >= 0.3 is 0 Å². The SMILES string of the molecule is Cc1cc(C)c(NC(=O)C[NH+](C)CC(=O)N[C@H]2CCCC[C@@H]2C)c(C)c1. The second-order valence-electron chi connectivity index (χ2n) is 8.07. The van der Waals surface area contributed by atoms with Gasteiger partial charge in [0.1, 0.15) is 0 Å². The van der Waals surface area contributed by atoms with E-state index in [4.69, 9.17) is 0 Å². The Bertz CT molecular complexity index is 634. The molecule has 1 fully saturated rings. The second kappa shape index (κ2) is 9.17. The smallest absolute Gasteiger partial charge is 0.279 e. The lowest BCUT2D eigenvalue weighted by atomic mass is 9.86. The van der Waals surface area contributed by atoms with Crippen LogP contribution in [0.25, 0.3) is 0 Å². The number of aryl methyl sites for hydroxylation is 3. The number of likely N-dealkylation sites (N-methyl/N-ethyl adjacent to an activating group) is 1. The maximum absolute atomic E-state index is 12.4. The molecule has 144 valence electrons. The van der Waals surface area contributed by atoms with Crippen molar-refractivity contribution >= 4 is 17.5 Å². The summed E-state index contributed by atoms with van der Waals surface area (Å²) in [5.74, 6) is 0.525. The maximum Gasteiger partial charge on any atom is 0.279 e. The third-order valence-electron chi connectivity index (χ3n) is 5.32. The van der Waals surface area contributed by atoms with Crippen molar-refractivity contribution in [3.8, 4) is 0 Å². The summed E-state index contributed by atoms with van der Waals surface area (Å²) in [5, 5.41) is 6.16. The van der Waals surface area contributed by atoms with Crippen molar-refractivity contribution in [2.24, 2.45) is 5.92 Å². The highest BCUT2D eigenvalue weighted by atomic mass is 16.2. The zero-order chi connectivity index (χ0) is 19.3. The van der Waals surface area contributed by atoms with Gasteiger partial charge in [0.05, 0.1) is 7.05 Å². The van der Waals surface area contributed by atoms with E-state index in [-0.39, 0.29) is 24.4 Å². The molecule has 5 heteroatoms. The van der Waals surface area contributed by atoms with Gasteiger partial charge in [0, 0.05) is 11.7 Å². The molecule has 0 aliphatic heterocycles. The number of anilines is 1. The zero-order valence-corrected chi connectivity index (χ0v) is 16.9. The standard InChI is InChI=1S/C21H33N3O2/c1-14-10-16(3)21(17(4)11-14)23-20(26)13-24(5)12-19(25)22-18-9-7-6-8-15(18)2/h10-11,15,18H,6-9,12-13H2,1-5H3,(H,22,25)(H,23,26)/p+1/t15-,18-/m0/s1. The van der Waals surface area contributed by atoms with Crippen LogP contribution in [0.1, 0.15) is 49.3 Å². The Labute approximate surface area is 157 Å². The minimum absolute atomic E-state index is 0.0387. The summed E-state index contributed by atoms with van der Waals surface area (Å²) in [6.07, 6.45) is 4.70. The molecule has 0 heterocycles. The molecular weight excluding hydrogens is 326 g/mol. The van der Waals surface area contributed by atoms with E-state index in [2.05, 4.69) is 36.6 Å². The van der Waals surface area contributed by atoms with Crippen LogP contribution in [0.2, 0.25) is 0 Å². The Morgan fingerprint density at radius 2 is 1.62 bits per heavy atom. The molecule has 2 amide bonds. The first kappa shape index (κ1) is 20.4. The number of rotatable bonds is 6. The Kier molecular flexibility index (Phi) is 7.21. The molecule has 26 heavy (non-hydrogen) atoms. The fraction of sp³-hybridized carbons (Fsp3) is 0.619. The lowest BCUT2D eigenvalue weighted by Gasteiger charge is -2.29. The van der Waals surface area contributed by atoms with Gasteiger partial charge in [-0.15, -0.1) is 0 Å². The molecule has 0 radical (unpaired) electrons. The van der Waals surface area contributed by atoms with Gasteiger partial charge in [-0.3, -0.25) is 9.59 Å². The second-order valence-corrected chi connectivity index (χ2v) is 8.07. The molecule has 0 saturated heterocycles. The van der Waals surface area contributed by atoms with Crippen LogP contribution in [0, 0.1) is 26.7 Å². The zero-order valence-electron chi connectivity index (χ0n) is 16.9. The van der Waals surface area contributed by atoms with Crippen molar-refractivity contribution in [1.29, 1.82) is 0 Å². The van der Waals surface area contributed by atoms with Gasteiger partial charge in [-0.05, 0) is 50.7 Å². The molecule has 1 aliphatic carbocycles. The van der Waals surface area contributed by atoms with Gasteiger partial charge in [-0.1, -0.05) is 37.5 Å². The third kappa shape index (κ3) is 5.84. The van der Waals surface area contributed by atoms with Gasteiger partial charge in [-0.25, -0.2) is 0 Å². The molecule has 0 aromatic heterocycles. The number of benzene rings is 1. The quantitative estimate of drug-likeness (QED) is 0.724. The fourth-order valence-corrected chi connectivity index (χ4v) is 3.96. The van der Waals surface area contributed by atoms with Crippen molar-refractivity contribution in [2.45, 2.75) is 59.4 Å². The summed E-state index contributed by atoms with van der Waals surface area (Å²) >= 11 is 0. The van der Waals surface area contributed by atoms with E-state index in [0.717, 1.165) is 28.1 Å². The Morgan fingerprint density at radius 3 is 2.23 bits per heavy atom. The van der Waals surface area contributed by atoms with Crippen molar-refractivity contribution in [1.82, 2.24) is 5.32 Å². The fourth-order valence-electron chi connectivity index (χ4n) is 3.96. The summed E-state index contributed by atoms with van der Waals surface area (Å²) in [6.45, 7) is 8.87. The summed E-state index contributed by atoms with van der Waals surface area (Å²) in [4.78, 5) is 25.6. The summed E-state index contributed by atoms with van der Waals surface area (Å²) in [6, 6.07) is 4.42. The molecular formula is C21H34N3O2+. The van der Waals surface area contributed by atoms with Crippen molar-refractivity contribution < 1.29 is 14.5 Å². The number of hydrogen-bond acceptors (Lipinski definition) is 2. The third-order valence-corrected chi connectivity index (χ3v) is 5.32. The van der Waals surface area contributed by atoms with E-state index in [9.17, 15) is 9.59 Å². The van der Waals surface area contributed by atoms with E-state index < -0.39 is 0 Å².